The molecule has 0 saturated carbocycles. The van der Waals surface area contributed by atoms with Crippen LogP contribution in [0.25, 0.3) is 0 Å². The van der Waals surface area contributed by atoms with Crippen LogP contribution in [0.5, 0.6) is 0 Å². The zero-order valence-corrected chi connectivity index (χ0v) is 15.4. The number of nitrogens with zero attached hydrogens (tertiary/aromatic N) is 1. The molecule has 2 rings (SSSR count). The van der Waals surface area contributed by atoms with Crippen molar-refractivity contribution >= 4 is 27.8 Å². The molecule has 0 atom stereocenters. The molecule has 0 aliphatic heterocycles. The first-order valence-electron chi connectivity index (χ1n) is 7.34. The van der Waals surface area contributed by atoms with Crippen molar-refractivity contribution < 1.29 is 26.8 Å². The number of rotatable bonds is 8. The molecule has 1 aromatic carbocycles. The maximum Gasteiger partial charge on any atom is 0.307 e. The predicted molar refractivity (Wildman–Crippen MR) is 91.1 cm³/mol. The lowest BCUT2D eigenvalue weighted by molar-refractivity contribution is -0.145. The Morgan fingerprint density at radius 1 is 1.20 bits per heavy atom. The molecule has 1 aromatic heterocycles. The minimum absolute atomic E-state index is 0.136. The van der Waals surface area contributed by atoms with Crippen LogP contribution in [-0.4, -0.2) is 38.5 Å². The highest BCUT2D eigenvalue weighted by molar-refractivity contribution is 7.99. The van der Waals surface area contributed by atoms with E-state index in [1.807, 2.05) is 0 Å². The van der Waals surface area contributed by atoms with Crippen LogP contribution in [0.2, 0.25) is 0 Å². The van der Waals surface area contributed by atoms with E-state index in [1.165, 1.54) is 50.1 Å². The van der Waals surface area contributed by atoms with Crippen LogP contribution in [0.15, 0.2) is 50.8 Å². The van der Waals surface area contributed by atoms with Gasteiger partial charge < -0.3 is 9.15 Å². The third-order valence-corrected chi connectivity index (χ3v) is 5.84. The molecule has 0 bridgehead atoms. The van der Waals surface area contributed by atoms with Gasteiger partial charge in [-0.05, 0) is 36.4 Å². The van der Waals surface area contributed by atoms with Crippen molar-refractivity contribution in [3.63, 3.8) is 0 Å². The lowest BCUT2D eigenvalue weighted by Gasteiger charge is -2.07. The fourth-order valence-corrected chi connectivity index (χ4v) is 3.41. The Morgan fingerprint density at radius 3 is 2.52 bits per heavy atom. The second kappa shape index (κ2) is 8.50. The molecule has 0 amide bonds. The Labute approximate surface area is 150 Å². The highest BCUT2D eigenvalue weighted by Gasteiger charge is 2.21. The van der Waals surface area contributed by atoms with Gasteiger partial charge in [-0.2, -0.15) is 0 Å². The van der Waals surface area contributed by atoms with Gasteiger partial charge >= 0.3 is 5.97 Å². The Balaban J connectivity index is 1.77. The maximum absolute atomic E-state index is 12.8. The van der Waals surface area contributed by atoms with Gasteiger partial charge in [-0.1, -0.05) is 0 Å². The molecule has 9 heteroatoms. The molecular formula is C16H18FNO5S2. The summed E-state index contributed by atoms with van der Waals surface area (Å²) in [5, 5.41) is -0.199. The van der Waals surface area contributed by atoms with Gasteiger partial charge in [-0.3, -0.25) is 4.79 Å². The average molecular weight is 387 g/mol. The number of carbonyl (C=O) groups is 1. The van der Waals surface area contributed by atoms with Gasteiger partial charge in [0.15, 0.2) is 0 Å². The van der Waals surface area contributed by atoms with E-state index in [4.69, 9.17) is 9.15 Å². The highest BCUT2D eigenvalue weighted by atomic mass is 32.2. The Hall–Kier alpha value is -1.84. The minimum Gasteiger partial charge on any atom is -0.457 e. The molecule has 1 heterocycles. The summed E-state index contributed by atoms with van der Waals surface area (Å²) < 4.78 is 47.8. The zero-order valence-electron chi connectivity index (χ0n) is 13.8. The fourth-order valence-electron chi connectivity index (χ4n) is 1.76. The summed E-state index contributed by atoms with van der Waals surface area (Å²) in [6.07, 6.45) is 0.172. The molecule has 0 unspecified atom stereocenters. The van der Waals surface area contributed by atoms with Gasteiger partial charge in [-0.15, -0.1) is 11.8 Å². The van der Waals surface area contributed by atoms with E-state index >= 15 is 0 Å². The van der Waals surface area contributed by atoms with Gasteiger partial charge in [0.1, 0.15) is 18.2 Å². The first-order chi connectivity index (χ1) is 11.8. The highest BCUT2D eigenvalue weighted by Crippen LogP contribution is 2.20. The van der Waals surface area contributed by atoms with Crippen LogP contribution < -0.4 is 0 Å². The Bertz CT molecular complexity index is 815. The number of hydrogen-bond acceptors (Lipinski definition) is 6. The van der Waals surface area contributed by atoms with Gasteiger partial charge in [0.05, 0.1) is 6.42 Å². The first kappa shape index (κ1) is 19.5. The van der Waals surface area contributed by atoms with Crippen LogP contribution in [-0.2, 0) is 26.2 Å². The standard InChI is InChI=1S/C16H18FNO5S2/c1-18(2)25(20,21)16-8-5-13(23-16)11-22-15(19)9-10-24-14-6-3-12(17)4-7-14/h3-8H,9-11H2,1-2H3. The number of carbonyl (C=O) groups excluding carboxylic acids is 1. The van der Waals surface area contributed by atoms with Crippen LogP contribution in [0.3, 0.4) is 0 Å². The molecule has 0 N–H and O–H groups in total. The number of furan rings is 1. The van der Waals surface area contributed by atoms with E-state index in [1.54, 1.807) is 12.1 Å². The summed E-state index contributed by atoms with van der Waals surface area (Å²) in [7, 11) is -0.848. The summed E-state index contributed by atoms with van der Waals surface area (Å²) in [5.41, 5.74) is 0. The second-order valence-electron chi connectivity index (χ2n) is 5.22. The van der Waals surface area contributed by atoms with E-state index in [0.29, 0.717) is 5.75 Å². The van der Waals surface area contributed by atoms with E-state index in [-0.39, 0.29) is 29.7 Å². The zero-order chi connectivity index (χ0) is 18.4. The van der Waals surface area contributed by atoms with E-state index < -0.39 is 16.0 Å². The number of ether oxygens (including phenoxy) is 1. The summed E-state index contributed by atoms with van der Waals surface area (Å²) in [6.45, 7) is -0.136. The van der Waals surface area contributed by atoms with Gasteiger partial charge in [0.2, 0.25) is 5.09 Å². The molecule has 2 aromatic rings. The average Bonchev–Trinajstić information content (AvgIpc) is 3.04. The van der Waals surface area contributed by atoms with Crippen molar-refractivity contribution in [2.45, 2.75) is 23.0 Å². The number of sulfonamides is 1. The molecular weight excluding hydrogens is 369 g/mol. The van der Waals surface area contributed by atoms with Crippen LogP contribution in [0, 0.1) is 5.82 Å². The molecule has 0 saturated heterocycles. The topological polar surface area (TPSA) is 76.8 Å². The number of halogens is 1. The predicted octanol–water partition coefficient (Wildman–Crippen LogP) is 2.89. The van der Waals surface area contributed by atoms with Crippen molar-refractivity contribution in [3.8, 4) is 0 Å². The van der Waals surface area contributed by atoms with Crippen molar-refractivity contribution in [1.29, 1.82) is 0 Å². The van der Waals surface area contributed by atoms with Gasteiger partial charge in [0, 0.05) is 24.7 Å². The van der Waals surface area contributed by atoms with E-state index in [2.05, 4.69) is 0 Å². The Kier molecular flexibility index (Phi) is 6.63. The normalized spacial score (nSPS) is 11.7. The summed E-state index contributed by atoms with van der Waals surface area (Å²) in [5.74, 6) is 0.00364. The molecule has 0 spiro atoms. The van der Waals surface area contributed by atoms with Crippen molar-refractivity contribution in [2.24, 2.45) is 0 Å². The largest absolute Gasteiger partial charge is 0.457 e. The van der Waals surface area contributed by atoms with Crippen molar-refractivity contribution in [3.05, 3.63) is 48.0 Å². The number of esters is 1. The number of benzene rings is 1. The summed E-state index contributed by atoms with van der Waals surface area (Å²) in [4.78, 5) is 12.6. The van der Waals surface area contributed by atoms with Gasteiger partial charge in [-0.25, -0.2) is 17.1 Å². The summed E-state index contributed by atoms with van der Waals surface area (Å²) >= 11 is 1.41. The maximum atomic E-state index is 12.8. The van der Waals surface area contributed by atoms with Crippen molar-refractivity contribution in [2.75, 3.05) is 19.8 Å². The van der Waals surface area contributed by atoms with E-state index in [0.717, 1.165) is 9.20 Å². The SMILES string of the molecule is CN(C)S(=O)(=O)c1ccc(COC(=O)CCSc2ccc(F)cc2)o1. The number of hydrogen-bond donors (Lipinski definition) is 0. The molecule has 6 nitrogen and oxygen atoms in total. The van der Waals surface area contributed by atoms with Gasteiger partial charge in [0.25, 0.3) is 10.0 Å². The molecule has 0 aliphatic carbocycles. The molecule has 0 radical (unpaired) electrons. The monoisotopic (exact) mass is 387 g/mol. The molecule has 136 valence electrons. The Morgan fingerprint density at radius 2 is 1.88 bits per heavy atom. The third-order valence-electron chi connectivity index (χ3n) is 3.14. The van der Waals surface area contributed by atoms with Crippen LogP contribution in [0.1, 0.15) is 12.2 Å². The second-order valence-corrected chi connectivity index (χ2v) is 8.47. The lowest BCUT2D eigenvalue weighted by Crippen LogP contribution is -2.21. The third kappa shape index (κ3) is 5.58. The van der Waals surface area contributed by atoms with Crippen LogP contribution in [0.4, 0.5) is 4.39 Å². The van der Waals surface area contributed by atoms with E-state index in [9.17, 15) is 17.6 Å². The molecule has 0 aliphatic rings. The van der Waals surface area contributed by atoms with Crippen molar-refractivity contribution in [1.82, 2.24) is 4.31 Å². The minimum atomic E-state index is -3.65. The molecule has 0 fully saturated rings. The quantitative estimate of drug-likeness (QED) is 0.512. The summed E-state index contributed by atoms with van der Waals surface area (Å²) in [6, 6.07) is 8.77. The smallest absolute Gasteiger partial charge is 0.307 e. The number of thioether (sulfide) groups is 1. The fraction of sp³-hybridized carbons (Fsp3) is 0.312. The first-order valence-corrected chi connectivity index (χ1v) is 9.77. The lowest BCUT2D eigenvalue weighted by atomic mass is 10.4. The van der Waals surface area contributed by atoms with Crippen LogP contribution >= 0.6 is 11.8 Å². The molecule has 25 heavy (non-hydrogen) atoms.